The van der Waals surface area contributed by atoms with Crippen LogP contribution in [-0.2, 0) is 12.2 Å². The fourth-order valence-electron chi connectivity index (χ4n) is 1.35. The van der Waals surface area contributed by atoms with Gasteiger partial charge in [0.05, 0.1) is 0 Å². The maximum Gasteiger partial charge on any atom is 0.0233 e. The third-order valence-corrected chi connectivity index (χ3v) is 4.00. The third-order valence-electron chi connectivity index (χ3n) is 2.48. The fraction of sp³-hybridized carbons (Fsp3) is 0.538. The summed E-state index contributed by atoms with van der Waals surface area (Å²) in [7, 11) is 0. The van der Waals surface area contributed by atoms with Crippen LogP contribution in [0.5, 0.6) is 0 Å². The van der Waals surface area contributed by atoms with Crippen LogP contribution in [0.3, 0.4) is 0 Å². The van der Waals surface area contributed by atoms with Gasteiger partial charge in [0.15, 0.2) is 0 Å². The lowest BCUT2D eigenvalue weighted by atomic mass is 10.1. The van der Waals surface area contributed by atoms with E-state index >= 15 is 0 Å². The molecule has 2 heteroatoms. The van der Waals surface area contributed by atoms with E-state index in [0.29, 0.717) is 5.25 Å². The topological polar surface area (TPSA) is 0 Å². The molecule has 0 saturated carbocycles. The van der Waals surface area contributed by atoms with Crippen LogP contribution in [0.2, 0.25) is 0 Å². The molecule has 15 heavy (non-hydrogen) atoms. The van der Waals surface area contributed by atoms with Gasteiger partial charge in [0.2, 0.25) is 0 Å². The Morgan fingerprint density at radius 2 is 1.80 bits per heavy atom. The second kappa shape index (κ2) is 7.19. The van der Waals surface area contributed by atoms with Gasteiger partial charge in [-0.25, -0.2) is 0 Å². The van der Waals surface area contributed by atoms with Gasteiger partial charge in [-0.3, -0.25) is 0 Å². The first-order chi connectivity index (χ1) is 7.26. The van der Waals surface area contributed by atoms with E-state index in [1.807, 2.05) is 11.8 Å². The summed E-state index contributed by atoms with van der Waals surface area (Å²) in [6.07, 6.45) is 2.22. The number of halogens is 1. The van der Waals surface area contributed by atoms with Crippen molar-refractivity contribution in [2.24, 2.45) is 0 Å². The van der Waals surface area contributed by atoms with Crippen LogP contribution in [0, 0.1) is 0 Å². The molecule has 0 amide bonds. The van der Waals surface area contributed by atoms with Crippen molar-refractivity contribution in [3.05, 3.63) is 35.4 Å². The average molecular weight is 243 g/mol. The predicted molar refractivity (Wildman–Crippen MR) is 71.9 cm³/mol. The number of hydrogen-bond acceptors (Lipinski definition) is 1. The van der Waals surface area contributed by atoms with Gasteiger partial charge in [0, 0.05) is 16.9 Å². The molecule has 1 aromatic rings. The number of benzene rings is 1. The monoisotopic (exact) mass is 242 g/mol. The second-order valence-electron chi connectivity index (χ2n) is 3.77. The van der Waals surface area contributed by atoms with Crippen LogP contribution in [0.25, 0.3) is 0 Å². The van der Waals surface area contributed by atoms with Crippen molar-refractivity contribution >= 4 is 23.4 Å². The highest BCUT2D eigenvalue weighted by Crippen LogP contribution is 2.20. The molecule has 0 saturated heterocycles. The first kappa shape index (κ1) is 12.9. The van der Waals surface area contributed by atoms with Gasteiger partial charge in [-0.05, 0) is 24.0 Å². The lowest BCUT2D eigenvalue weighted by Gasteiger charge is -2.09. The van der Waals surface area contributed by atoms with E-state index in [-0.39, 0.29) is 0 Å². The summed E-state index contributed by atoms with van der Waals surface area (Å²) in [6.45, 7) is 4.43. The van der Waals surface area contributed by atoms with E-state index in [1.165, 1.54) is 11.1 Å². The SMILES string of the molecule is CCc1ccc(CSC(C)CCCl)cc1. The first-order valence-corrected chi connectivity index (χ1v) is 7.10. The van der Waals surface area contributed by atoms with Crippen LogP contribution in [0.1, 0.15) is 31.4 Å². The summed E-state index contributed by atoms with van der Waals surface area (Å²) in [5.41, 5.74) is 2.83. The molecule has 0 aliphatic carbocycles. The number of alkyl halides is 1. The highest BCUT2D eigenvalue weighted by Gasteiger charge is 2.02. The van der Waals surface area contributed by atoms with E-state index in [1.54, 1.807) is 0 Å². The predicted octanol–water partition coefficient (Wildman–Crippen LogP) is 4.50. The van der Waals surface area contributed by atoms with Gasteiger partial charge < -0.3 is 0 Å². The second-order valence-corrected chi connectivity index (χ2v) is 5.57. The minimum absolute atomic E-state index is 0.661. The molecule has 1 aromatic carbocycles. The first-order valence-electron chi connectivity index (χ1n) is 5.51. The van der Waals surface area contributed by atoms with E-state index in [2.05, 4.69) is 38.1 Å². The summed E-state index contributed by atoms with van der Waals surface area (Å²) >= 11 is 7.69. The highest BCUT2D eigenvalue weighted by atomic mass is 35.5. The largest absolute Gasteiger partial charge is 0.154 e. The lowest BCUT2D eigenvalue weighted by molar-refractivity contribution is 0.912. The smallest absolute Gasteiger partial charge is 0.0233 e. The summed E-state index contributed by atoms with van der Waals surface area (Å²) in [5, 5.41) is 0.661. The van der Waals surface area contributed by atoms with Crippen molar-refractivity contribution in [2.45, 2.75) is 37.7 Å². The van der Waals surface area contributed by atoms with Gasteiger partial charge in [-0.2, -0.15) is 11.8 Å². The highest BCUT2D eigenvalue weighted by molar-refractivity contribution is 7.99. The number of aryl methyl sites for hydroxylation is 1. The number of hydrogen-bond donors (Lipinski definition) is 0. The Morgan fingerprint density at radius 1 is 1.20 bits per heavy atom. The molecule has 0 spiro atoms. The zero-order valence-electron chi connectivity index (χ0n) is 9.50. The van der Waals surface area contributed by atoms with Gasteiger partial charge in [-0.1, -0.05) is 38.1 Å². The van der Waals surface area contributed by atoms with Crippen LogP contribution in [0.15, 0.2) is 24.3 Å². The molecule has 1 rings (SSSR count). The Hall–Kier alpha value is -0.140. The molecule has 0 nitrogen and oxygen atoms in total. The van der Waals surface area contributed by atoms with E-state index in [9.17, 15) is 0 Å². The van der Waals surface area contributed by atoms with Gasteiger partial charge in [-0.15, -0.1) is 11.6 Å². The van der Waals surface area contributed by atoms with Crippen LogP contribution < -0.4 is 0 Å². The van der Waals surface area contributed by atoms with Crippen molar-refractivity contribution in [2.75, 3.05) is 5.88 Å². The van der Waals surface area contributed by atoms with Crippen LogP contribution in [0.4, 0.5) is 0 Å². The van der Waals surface area contributed by atoms with Crippen molar-refractivity contribution in [3.8, 4) is 0 Å². The Bertz CT molecular complexity index is 268. The van der Waals surface area contributed by atoms with E-state index < -0.39 is 0 Å². The molecule has 0 fully saturated rings. The van der Waals surface area contributed by atoms with Crippen molar-refractivity contribution in [3.63, 3.8) is 0 Å². The Kier molecular flexibility index (Phi) is 6.19. The molecule has 0 aromatic heterocycles. The normalized spacial score (nSPS) is 12.7. The molecule has 0 aliphatic heterocycles. The minimum atomic E-state index is 0.661. The van der Waals surface area contributed by atoms with E-state index in [4.69, 9.17) is 11.6 Å². The summed E-state index contributed by atoms with van der Waals surface area (Å²) in [5.74, 6) is 1.87. The maximum atomic E-state index is 5.70. The molecule has 1 atom stereocenters. The number of thioether (sulfide) groups is 1. The Morgan fingerprint density at radius 3 is 2.33 bits per heavy atom. The average Bonchev–Trinajstić information content (AvgIpc) is 2.27. The molecular formula is C13H19ClS. The summed E-state index contributed by atoms with van der Waals surface area (Å²) in [6, 6.07) is 8.92. The van der Waals surface area contributed by atoms with Gasteiger partial charge in [0.1, 0.15) is 0 Å². The molecule has 0 bridgehead atoms. The molecule has 0 aliphatic rings. The van der Waals surface area contributed by atoms with Crippen LogP contribution in [-0.4, -0.2) is 11.1 Å². The molecule has 0 heterocycles. The van der Waals surface area contributed by atoms with Gasteiger partial charge in [0.25, 0.3) is 0 Å². The van der Waals surface area contributed by atoms with Gasteiger partial charge >= 0.3 is 0 Å². The van der Waals surface area contributed by atoms with Crippen molar-refractivity contribution in [1.82, 2.24) is 0 Å². The summed E-state index contributed by atoms with van der Waals surface area (Å²) < 4.78 is 0. The fourth-order valence-corrected chi connectivity index (χ4v) is 2.76. The molecule has 0 radical (unpaired) electrons. The summed E-state index contributed by atoms with van der Waals surface area (Å²) in [4.78, 5) is 0. The number of rotatable bonds is 6. The minimum Gasteiger partial charge on any atom is -0.154 e. The molecule has 1 unspecified atom stereocenters. The Labute approximate surface area is 102 Å². The Balaban J connectivity index is 2.37. The van der Waals surface area contributed by atoms with Crippen LogP contribution >= 0.6 is 23.4 Å². The maximum absolute atomic E-state index is 5.70. The van der Waals surface area contributed by atoms with E-state index in [0.717, 1.165) is 24.5 Å². The van der Waals surface area contributed by atoms with Crippen molar-refractivity contribution in [1.29, 1.82) is 0 Å². The zero-order valence-corrected chi connectivity index (χ0v) is 11.1. The third kappa shape index (κ3) is 4.94. The quantitative estimate of drug-likeness (QED) is 0.662. The molecule has 0 N–H and O–H groups in total. The zero-order chi connectivity index (χ0) is 11.1. The molecule has 84 valence electrons. The standard InChI is InChI=1S/C13H19ClS/c1-3-12-4-6-13(7-5-12)10-15-11(2)8-9-14/h4-7,11H,3,8-10H2,1-2H3. The molecular weight excluding hydrogens is 224 g/mol. The van der Waals surface area contributed by atoms with Crippen molar-refractivity contribution < 1.29 is 0 Å². The lowest BCUT2D eigenvalue weighted by Crippen LogP contribution is -1.97.